The average Bonchev–Trinajstić information content (AvgIpc) is 3.31. The number of carbonyl (C=O) groups is 2. The molecule has 1 aromatic carbocycles. The molecule has 0 N–H and O–H groups in total. The number of benzene rings is 1. The Morgan fingerprint density at radius 3 is 1.96 bits per heavy atom. The molecule has 4 aliphatic rings. The predicted molar refractivity (Wildman–Crippen MR) is 87.5 cm³/mol. The smallest absolute Gasteiger partial charge is 0.238 e. The summed E-state index contributed by atoms with van der Waals surface area (Å²) in [5.41, 5.74) is 3.67. The van der Waals surface area contributed by atoms with Crippen LogP contribution in [0.1, 0.15) is 25.7 Å². The highest BCUT2D eigenvalue weighted by Crippen LogP contribution is 2.58. The van der Waals surface area contributed by atoms with Gasteiger partial charge in [-0.2, -0.15) is 0 Å². The summed E-state index contributed by atoms with van der Waals surface area (Å²) in [6, 6.07) is 9.36. The first-order valence-electron chi connectivity index (χ1n) is 8.60. The second kappa shape index (κ2) is 4.67. The van der Waals surface area contributed by atoms with E-state index in [9.17, 15) is 9.59 Å². The molecule has 3 heteroatoms. The Balaban J connectivity index is 1.57. The zero-order valence-corrected chi connectivity index (χ0v) is 12.9. The first kappa shape index (κ1) is 13.3. The van der Waals surface area contributed by atoms with Gasteiger partial charge >= 0.3 is 0 Å². The molecule has 3 fully saturated rings. The standard InChI is InChI=1S/C20H19NO2/c22-19-17-14-10-11-15(16(14)12-6-4-5-7-12)18(17)20(23)21(19)13-8-2-1-3-9-13/h1-3,8-11,14-15,17-18H,4-7H2/t14-,15-,17-,18+/m1/s1. The van der Waals surface area contributed by atoms with E-state index < -0.39 is 0 Å². The van der Waals surface area contributed by atoms with Crippen molar-refractivity contribution in [2.24, 2.45) is 23.7 Å². The van der Waals surface area contributed by atoms with Gasteiger partial charge in [-0.1, -0.05) is 41.5 Å². The predicted octanol–water partition coefficient (Wildman–Crippen LogP) is 3.48. The lowest BCUT2D eigenvalue weighted by Gasteiger charge is -2.19. The van der Waals surface area contributed by atoms with Crippen molar-refractivity contribution in [3.63, 3.8) is 0 Å². The van der Waals surface area contributed by atoms with Crippen molar-refractivity contribution in [3.8, 4) is 0 Å². The third-order valence-electron chi connectivity index (χ3n) is 6.05. The first-order chi connectivity index (χ1) is 11.3. The van der Waals surface area contributed by atoms with E-state index in [-0.39, 0.29) is 35.5 Å². The highest BCUT2D eigenvalue weighted by atomic mass is 16.2. The Bertz CT molecular complexity index is 719. The van der Waals surface area contributed by atoms with E-state index in [0.717, 1.165) is 12.8 Å². The number of allylic oxidation sites excluding steroid dienone is 4. The van der Waals surface area contributed by atoms with Crippen LogP contribution in [-0.4, -0.2) is 11.8 Å². The number of hydrogen-bond donors (Lipinski definition) is 0. The average molecular weight is 305 g/mol. The molecule has 2 amide bonds. The first-order valence-corrected chi connectivity index (χ1v) is 8.60. The van der Waals surface area contributed by atoms with Crippen LogP contribution >= 0.6 is 0 Å². The number of amides is 2. The lowest BCUT2D eigenvalue weighted by atomic mass is 9.85. The summed E-state index contributed by atoms with van der Waals surface area (Å²) in [5, 5.41) is 0. The molecular formula is C20H19NO2. The van der Waals surface area contributed by atoms with E-state index in [2.05, 4.69) is 12.2 Å². The van der Waals surface area contributed by atoms with E-state index in [1.165, 1.54) is 28.9 Å². The molecule has 1 aromatic rings. The van der Waals surface area contributed by atoms with Gasteiger partial charge < -0.3 is 0 Å². The second-order valence-corrected chi connectivity index (χ2v) is 7.10. The summed E-state index contributed by atoms with van der Waals surface area (Å²) >= 11 is 0. The third kappa shape index (κ3) is 1.65. The van der Waals surface area contributed by atoms with Gasteiger partial charge in [0, 0.05) is 11.8 Å². The van der Waals surface area contributed by atoms with Gasteiger partial charge in [0.2, 0.25) is 11.8 Å². The van der Waals surface area contributed by atoms with Gasteiger partial charge in [0.25, 0.3) is 0 Å². The highest BCUT2D eigenvalue weighted by molar-refractivity contribution is 6.23. The molecule has 4 atom stereocenters. The van der Waals surface area contributed by atoms with E-state index in [0.29, 0.717) is 5.69 Å². The zero-order chi connectivity index (χ0) is 15.6. The summed E-state index contributed by atoms with van der Waals surface area (Å²) < 4.78 is 0. The van der Waals surface area contributed by atoms with Crippen molar-refractivity contribution in [2.75, 3.05) is 4.90 Å². The topological polar surface area (TPSA) is 37.4 Å². The summed E-state index contributed by atoms with van der Waals surface area (Å²) in [5.74, 6) is 0.00595. The van der Waals surface area contributed by atoms with Crippen LogP contribution in [0.25, 0.3) is 0 Å². The molecule has 5 rings (SSSR count). The summed E-state index contributed by atoms with van der Waals surface area (Å²) in [4.78, 5) is 27.4. The molecular weight excluding hydrogens is 286 g/mol. The molecule has 3 nitrogen and oxygen atoms in total. The molecule has 0 aromatic heterocycles. The van der Waals surface area contributed by atoms with Gasteiger partial charge in [0.15, 0.2) is 0 Å². The maximum Gasteiger partial charge on any atom is 0.238 e. The van der Waals surface area contributed by atoms with Gasteiger partial charge in [0.05, 0.1) is 17.5 Å². The molecule has 0 radical (unpaired) electrons. The van der Waals surface area contributed by atoms with Crippen LogP contribution < -0.4 is 4.90 Å². The largest absolute Gasteiger partial charge is 0.274 e. The Hall–Kier alpha value is -2.16. The van der Waals surface area contributed by atoms with Crippen LogP contribution in [0.15, 0.2) is 53.6 Å². The van der Waals surface area contributed by atoms with Crippen molar-refractivity contribution in [1.82, 2.24) is 0 Å². The normalized spacial score (nSPS) is 34.9. The fraction of sp³-hybridized carbons (Fsp3) is 0.400. The molecule has 2 saturated carbocycles. The maximum absolute atomic E-state index is 13.0. The molecule has 0 unspecified atom stereocenters. The fourth-order valence-corrected chi connectivity index (χ4v) is 5.16. The minimum Gasteiger partial charge on any atom is -0.274 e. The van der Waals surface area contributed by atoms with Crippen molar-refractivity contribution < 1.29 is 9.59 Å². The van der Waals surface area contributed by atoms with Crippen LogP contribution in [0, 0.1) is 23.7 Å². The lowest BCUT2D eigenvalue weighted by Crippen LogP contribution is -2.33. The van der Waals surface area contributed by atoms with E-state index in [1.807, 2.05) is 30.3 Å². The SMILES string of the molecule is O=C1[C@@H]2[C@H](C(=O)N1c1ccccc1)[C@@H]1C=C[C@@H]2C1=C1CCCC1. The van der Waals surface area contributed by atoms with E-state index in [4.69, 9.17) is 0 Å². The maximum atomic E-state index is 13.0. The van der Waals surface area contributed by atoms with Crippen molar-refractivity contribution in [3.05, 3.63) is 53.6 Å². The Morgan fingerprint density at radius 1 is 0.826 bits per heavy atom. The Morgan fingerprint density at radius 2 is 1.39 bits per heavy atom. The number of hydrogen-bond acceptors (Lipinski definition) is 2. The molecule has 1 aliphatic heterocycles. The molecule has 2 bridgehead atoms. The highest BCUT2D eigenvalue weighted by Gasteiger charge is 2.62. The number of carbonyl (C=O) groups excluding carboxylic acids is 2. The summed E-state index contributed by atoms with van der Waals surface area (Å²) in [7, 11) is 0. The molecule has 0 spiro atoms. The third-order valence-corrected chi connectivity index (χ3v) is 6.05. The minimum atomic E-state index is -0.166. The summed E-state index contributed by atoms with van der Waals surface area (Å²) in [6.45, 7) is 0. The molecule has 3 aliphatic carbocycles. The number of nitrogens with zero attached hydrogens (tertiary/aromatic N) is 1. The quantitative estimate of drug-likeness (QED) is 0.588. The van der Waals surface area contributed by atoms with E-state index >= 15 is 0 Å². The van der Waals surface area contributed by atoms with Crippen LogP contribution in [-0.2, 0) is 9.59 Å². The molecule has 1 saturated heterocycles. The van der Waals surface area contributed by atoms with E-state index in [1.54, 1.807) is 0 Å². The fourth-order valence-electron chi connectivity index (χ4n) is 5.16. The van der Waals surface area contributed by atoms with Crippen LogP contribution in [0.4, 0.5) is 5.69 Å². The number of para-hydroxylation sites is 1. The van der Waals surface area contributed by atoms with Gasteiger partial charge in [-0.05, 0) is 37.8 Å². The van der Waals surface area contributed by atoms with Gasteiger partial charge in [-0.15, -0.1) is 0 Å². The van der Waals surface area contributed by atoms with Crippen molar-refractivity contribution in [1.29, 1.82) is 0 Å². The van der Waals surface area contributed by atoms with Gasteiger partial charge in [-0.3, -0.25) is 9.59 Å². The van der Waals surface area contributed by atoms with Crippen LogP contribution in [0.5, 0.6) is 0 Å². The second-order valence-electron chi connectivity index (χ2n) is 7.10. The van der Waals surface area contributed by atoms with Gasteiger partial charge in [0.1, 0.15) is 0 Å². The lowest BCUT2D eigenvalue weighted by molar-refractivity contribution is -0.122. The number of imide groups is 1. The summed E-state index contributed by atoms with van der Waals surface area (Å²) in [6.07, 6.45) is 9.21. The molecule has 1 heterocycles. The van der Waals surface area contributed by atoms with Gasteiger partial charge in [-0.25, -0.2) is 4.90 Å². The number of rotatable bonds is 1. The Kier molecular flexibility index (Phi) is 2.70. The Labute approximate surface area is 135 Å². The molecule has 23 heavy (non-hydrogen) atoms. The van der Waals surface area contributed by atoms with Crippen molar-refractivity contribution >= 4 is 17.5 Å². The number of fused-ring (bicyclic) bond motifs is 5. The van der Waals surface area contributed by atoms with Crippen LogP contribution in [0.2, 0.25) is 0 Å². The van der Waals surface area contributed by atoms with Crippen molar-refractivity contribution in [2.45, 2.75) is 25.7 Å². The van der Waals surface area contributed by atoms with Crippen LogP contribution in [0.3, 0.4) is 0 Å². The molecule has 116 valence electrons. The minimum absolute atomic E-state index is 0.000790. The zero-order valence-electron chi connectivity index (χ0n) is 12.9. The number of anilines is 1. The monoisotopic (exact) mass is 305 g/mol.